The summed E-state index contributed by atoms with van der Waals surface area (Å²) in [6.07, 6.45) is 1.31. The summed E-state index contributed by atoms with van der Waals surface area (Å²) in [5.41, 5.74) is 9.00. The standard InChI is InChI=1S/C13H18N2S2/c1-9-2-3-11(13(14)16)12(6-9)15-7-10-4-5-17-8-10/h2-3,6,10,15H,4-5,7-8H2,1H3,(H2,14,16). The highest BCUT2D eigenvalue weighted by Crippen LogP contribution is 2.25. The van der Waals surface area contributed by atoms with Crippen LogP contribution >= 0.6 is 24.0 Å². The third-order valence-electron chi connectivity index (χ3n) is 3.05. The number of aryl methyl sites for hydroxylation is 1. The molecule has 2 nitrogen and oxygen atoms in total. The molecule has 1 fully saturated rings. The molecule has 1 saturated heterocycles. The SMILES string of the molecule is Cc1ccc(C(N)=S)c(NCC2CCSC2)c1. The molecule has 0 amide bonds. The molecule has 1 heterocycles. The minimum Gasteiger partial charge on any atom is -0.389 e. The quantitative estimate of drug-likeness (QED) is 0.822. The summed E-state index contributed by atoms with van der Waals surface area (Å²) < 4.78 is 0. The zero-order chi connectivity index (χ0) is 12.3. The lowest BCUT2D eigenvalue weighted by molar-refractivity contribution is 0.632. The lowest BCUT2D eigenvalue weighted by atomic mass is 10.1. The van der Waals surface area contributed by atoms with Crippen LogP contribution < -0.4 is 11.1 Å². The monoisotopic (exact) mass is 266 g/mol. The van der Waals surface area contributed by atoms with Gasteiger partial charge in [-0.25, -0.2) is 0 Å². The molecule has 1 aromatic rings. The first-order valence-electron chi connectivity index (χ1n) is 5.89. The van der Waals surface area contributed by atoms with Gasteiger partial charge in [0.25, 0.3) is 0 Å². The summed E-state index contributed by atoms with van der Waals surface area (Å²) in [5, 5.41) is 3.50. The summed E-state index contributed by atoms with van der Waals surface area (Å²) in [4.78, 5) is 0.466. The van der Waals surface area contributed by atoms with Gasteiger partial charge in [0.2, 0.25) is 0 Å². The number of hydrogen-bond donors (Lipinski definition) is 2. The minimum absolute atomic E-state index is 0.466. The van der Waals surface area contributed by atoms with Crippen LogP contribution in [0.25, 0.3) is 0 Å². The van der Waals surface area contributed by atoms with Crippen molar-refractivity contribution in [2.24, 2.45) is 11.7 Å². The average Bonchev–Trinajstić information content (AvgIpc) is 2.78. The van der Waals surface area contributed by atoms with Gasteiger partial charge in [0.05, 0.1) is 0 Å². The predicted octanol–water partition coefficient (Wildman–Crippen LogP) is 2.79. The Morgan fingerprint density at radius 1 is 1.59 bits per heavy atom. The van der Waals surface area contributed by atoms with E-state index in [4.69, 9.17) is 18.0 Å². The fourth-order valence-corrected chi connectivity index (χ4v) is 3.48. The lowest BCUT2D eigenvalue weighted by Gasteiger charge is -2.15. The summed E-state index contributed by atoms with van der Waals surface area (Å²) in [7, 11) is 0. The number of thiocarbonyl (C=S) groups is 1. The number of nitrogens with one attached hydrogen (secondary N) is 1. The first kappa shape index (κ1) is 12.7. The van der Waals surface area contributed by atoms with Gasteiger partial charge in [-0.1, -0.05) is 18.3 Å². The summed E-state index contributed by atoms with van der Waals surface area (Å²) >= 11 is 7.12. The molecule has 0 radical (unpaired) electrons. The van der Waals surface area contributed by atoms with E-state index in [0.717, 1.165) is 23.7 Å². The number of benzene rings is 1. The van der Waals surface area contributed by atoms with Crippen LogP contribution in [0.15, 0.2) is 18.2 Å². The van der Waals surface area contributed by atoms with E-state index in [1.807, 2.05) is 23.9 Å². The van der Waals surface area contributed by atoms with E-state index in [1.165, 1.54) is 23.5 Å². The third-order valence-corrected chi connectivity index (χ3v) is 4.50. The Balaban J connectivity index is 2.07. The fourth-order valence-electron chi connectivity index (χ4n) is 2.02. The van der Waals surface area contributed by atoms with Crippen molar-refractivity contribution in [3.8, 4) is 0 Å². The molecule has 0 spiro atoms. The third kappa shape index (κ3) is 3.36. The molecule has 0 bridgehead atoms. The smallest absolute Gasteiger partial charge is 0.106 e. The largest absolute Gasteiger partial charge is 0.389 e. The Hall–Kier alpha value is -0.740. The molecule has 1 atom stereocenters. The highest BCUT2D eigenvalue weighted by Gasteiger charge is 2.15. The molecule has 0 aliphatic carbocycles. The van der Waals surface area contributed by atoms with E-state index in [2.05, 4.69) is 18.3 Å². The first-order valence-corrected chi connectivity index (χ1v) is 7.45. The van der Waals surface area contributed by atoms with Gasteiger partial charge < -0.3 is 11.1 Å². The molecule has 1 aromatic carbocycles. The van der Waals surface area contributed by atoms with E-state index in [-0.39, 0.29) is 0 Å². The molecule has 2 rings (SSSR count). The molecule has 0 saturated carbocycles. The molecule has 1 aliphatic rings. The van der Waals surface area contributed by atoms with Crippen LogP contribution in [0.3, 0.4) is 0 Å². The molecular formula is C13H18N2S2. The summed E-state index contributed by atoms with van der Waals surface area (Å²) in [5.74, 6) is 3.34. The van der Waals surface area contributed by atoms with Crippen molar-refractivity contribution in [2.75, 3.05) is 23.4 Å². The van der Waals surface area contributed by atoms with E-state index in [1.54, 1.807) is 0 Å². The number of rotatable bonds is 4. The highest BCUT2D eigenvalue weighted by atomic mass is 32.2. The van der Waals surface area contributed by atoms with Crippen molar-refractivity contribution < 1.29 is 0 Å². The number of anilines is 1. The van der Waals surface area contributed by atoms with Crippen LogP contribution in [-0.2, 0) is 0 Å². The Morgan fingerprint density at radius 2 is 2.41 bits per heavy atom. The van der Waals surface area contributed by atoms with Gasteiger partial charge in [0, 0.05) is 17.8 Å². The zero-order valence-corrected chi connectivity index (χ0v) is 11.7. The number of nitrogens with two attached hydrogens (primary N) is 1. The lowest BCUT2D eigenvalue weighted by Crippen LogP contribution is -2.18. The van der Waals surface area contributed by atoms with Crippen LogP contribution in [0.2, 0.25) is 0 Å². The van der Waals surface area contributed by atoms with Crippen molar-refractivity contribution >= 4 is 34.7 Å². The van der Waals surface area contributed by atoms with Crippen molar-refractivity contribution in [3.05, 3.63) is 29.3 Å². The first-order chi connectivity index (χ1) is 8.16. The summed E-state index contributed by atoms with van der Waals surface area (Å²) in [6.45, 7) is 3.10. The Morgan fingerprint density at radius 3 is 3.06 bits per heavy atom. The molecule has 92 valence electrons. The van der Waals surface area contributed by atoms with Crippen LogP contribution in [-0.4, -0.2) is 23.0 Å². The Kier molecular flexibility index (Phi) is 4.29. The predicted molar refractivity (Wildman–Crippen MR) is 81.0 cm³/mol. The van der Waals surface area contributed by atoms with E-state index < -0.39 is 0 Å². The van der Waals surface area contributed by atoms with Crippen molar-refractivity contribution in [1.29, 1.82) is 0 Å². The van der Waals surface area contributed by atoms with Crippen molar-refractivity contribution in [1.82, 2.24) is 0 Å². The molecule has 4 heteroatoms. The van der Waals surface area contributed by atoms with Crippen molar-refractivity contribution in [2.45, 2.75) is 13.3 Å². The topological polar surface area (TPSA) is 38.0 Å². The second-order valence-corrected chi connectivity index (χ2v) is 6.11. The van der Waals surface area contributed by atoms with E-state index in [0.29, 0.717) is 4.99 Å². The minimum atomic E-state index is 0.466. The van der Waals surface area contributed by atoms with Crippen LogP contribution in [0.4, 0.5) is 5.69 Å². The molecule has 1 aliphatic heterocycles. The van der Waals surface area contributed by atoms with Crippen LogP contribution in [0.1, 0.15) is 17.5 Å². The van der Waals surface area contributed by atoms with Crippen LogP contribution in [0, 0.1) is 12.8 Å². The highest BCUT2D eigenvalue weighted by molar-refractivity contribution is 7.99. The second-order valence-electron chi connectivity index (χ2n) is 4.52. The second kappa shape index (κ2) is 5.74. The van der Waals surface area contributed by atoms with E-state index >= 15 is 0 Å². The molecule has 1 unspecified atom stereocenters. The normalized spacial score (nSPS) is 19.2. The van der Waals surface area contributed by atoms with Gasteiger partial charge in [-0.05, 0) is 48.5 Å². The number of thioether (sulfide) groups is 1. The zero-order valence-electron chi connectivity index (χ0n) is 10.0. The molecule has 0 aromatic heterocycles. The number of hydrogen-bond acceptors (Lipinski definition) is 3. The van der Waals surface area contributed by atoms with Gasteiger partial charge in [0.1, 0.15) is 4.99 Å². The van der Waals surface area contributed by atoms with Crippen LogP contribution in [0.5, 0.6) is 0 Å². The van der Waals surface area contributed by atoms with E-state index in [9.17, 15) is 0 Å². The fraction of sp³-hybridized carbons (Fsp3) is 0.462. The average molecular weight is 266 g/mol. The molecular weight excluding hydrogens is 248 g/mol. The van der Waals surface area contributed by atoms with Gasteiger partial charge >= 0.3 is 0 Å². The molecule has 17 heavy (non-hydrogen) atoms. The van der Waals surface area contributed by atoms with Gasteiger partial charge in [-0.3, -0.25) is 0 Å². The van der Waals surface area contributed by atoms with Crippen molar-refractivity contribution in [3.63, 3.8) is 0 Å². The maximum Gasteiger partial charge on any atom is 0.106 e. The maximum atomic E-state index is 5.74. The van der Waals surface area contributed by atoms with Gasteiger partial charge in [-0.2, -0.15) is 11.8 Å². The Bertz CT molecular complexity index is 412. The van der Waals surface area contributed by atoms with Gasteiger partial charge in [0.15, 0.2) is 0 Å². The molecule has 3 N–H and O–H groups in total. The Labute approximate surface area is 112 Å². The van der Waals surface area contributed by atoms with Gasteiger partial charge in [-0.15, -0.1) is 0 Å². The maximum absolute atomic E-state index is 5.74. The summed E-state index contributed by atoms with van der Waals surface area (Å²) in [6, 6.07) is 6.17.